The summed E-state index contributed by atoms with van der Waals surface area (Å²) < 4.78 is 18.9. The van der Waals surface area contributed by atoms with Gasteiger partial charge in [0.1, 0.15) is 0 Å². The van der Waals surface area contributed by atoms with E-state index < -0.39 is 11.1 Å². The SMILES string of the molecule is Cc1ccc(SSCCCS(=O)O)cc1.[Na+]. The summed E-state index contributed by atoms with van der Waals surface area (Å²) in [5.74, 6) is 1.28. The fourth-order valence-electron chi connectivity index (χ4n) is 0.945. The molecule has 0 fully saturated rings. The molecule has 0 heterocycles. The third kappa shape index (κ3) is 8.17. The normalized spacial score (nSPS) is 11.9. The third-order valence-electron chi connectivity index (χ3n) is 1.72. The summed E-state index contributed by atoms with van der Waals surface area (Å²) >= 11 is -1.64. The molecule has 0 aromatic heterocycles. The van der Waals surface area contributed by atoms with Gasteiger partial charge in [-0.1, -0.05) is 39.3 Å². The van der Waals surface area contributed by atoms with Crippen LogP contribution in [0, 0.1) is 6.92 Å². The molecule has 1 unspecified atom stereocenters. The van der Waals surface area contributed by atoms with Crippen molar-refractivity contribution in [2.24, 2.45) is 0 Å². The van der Waals surface area contributed by atoms with E-state index in [2.05, 4.69) is 31.2 Å². The van der Waals surface area contributed by atoms with Crippen molar-refractivity contribution in [2.75, 3.05) is 11.5 Å². The quantitative estimate of drug-likeness (QED) is 0.354. The number of hydrogen-bond donors (Lipinski definition) is 1. The van der Waals surface area contributed by atoms with Crippen molar-refractivity contribution in [3.63, 3.8) is 0 Å². The van der Waals surface area contributed by atoms with Crippen LogP contribution in [-0.2, 0) is 11.1 Å². The Hall–Kier alpha value is 1.03. The van der Waals surface area contributed by atoms with E-state index in [0.29, 0.717) is 5.75 Å². The summed E-state index contributed by atoms with van der Waals surface area (Å²) in [5, 5.41) is 0. The van der Waals surface area contributed by atoms with Gasteiger partial charge in [0.25, 0.3) is 0 Å². The standard InChI is InChI=1S/C10H14O2S3.Na/c1-9-3-5-10(6-4-9)14-13-7-2-8-15(11)12;/h3-6H,2,7-8H2,1H3,(H,11,12);/q;+1. The van der Waals surface area contributed by atoms with Gasteiger partial charge in [-0.15, -0.1) is 0 Å². The monoisotopic (exact) mass is 285 g/mol. The molecule has 0 saturated carbocycles. The smallest absolute Gasteiger partial charge is 0.306 e. The Bertz CT molecular complexity index is 316. The summed E-state index contributed by atoms with van der Waals surface area (Å²) in [6, 6.07) is 8.37. The molecule has 0 spiro atoms. The number of rotatable bonds is 6. The zero-order valence-corrected chi connectivity index (χ0v) is 14.0. The molecule has 0 aliphatic rings. The van der Waals surface area contributed by atoms with Gasteiger partial charge in [-0.25, -0.2) is 4.21 Å². The van der Waals surface area contributed by atoms with Gasteiger partial charge < -0.3 is 4.55 Å². The van der Waals surface area contributed by atoms with Gasteiger partial charge in [0.15, 0.2) is 11.1 Å². The van der Waals surface area contributed by atoms with Crippen LogP contribution >= 0.6 is 21.6 Å². The maximum atomic E-state index is 10.4. The Labute approximate surface area is 129 Å². The van der Waals surface area contributed by atoms with E-state index >= 15 is 0 Å². The first-order valence-electron chi connectivity index (χ1n) is 4.62. The molecule has 1 aromatic rings. The van der Waals surface area contributed by atoms with Crippen molar-refractivity contribution in [1.82, 2.24) is 0 Å². The van der Waals surface area contributed by atoms with Crippen molar-refractivity contribution >= 4 is 32.7 Å². The fraction of sp³-hybridized carbons (Fsp3) is 0.400. The molecule has 0 bridgehead atoms. The second-order valence-corrected chi connectivity index (χ2v) is 6.64. The molecule has 0 aliphatic carbocycles. The van der Waals surface area contributed by atoms with Crippen molar-refractivity contribution < 1.29 is 38.3 Å². The molecule has 1 rings (SSSR count). The maximum absolute atomic E-state index is 10.4. The average Bonchev–Trinajstić information content (AvgIpc) is 2.20. The largest absolute Gasteiger partial charge is 1.00 e. The Morgan fingerprint density at radius 3 is 2.50 bits per heavy atom. The van der Waals surface area contributed by atoms with Gasteiger partial charge in [-0.3, -0.25) is 0 Å². The summed E-state index contributed by atoms with van der Waals surface area (Å²) in [7, 11) is 3.44. The molecule has 6 heteroatoms. The van der Waals surface area contributed by atoms with Gasteiger partial charge in [0, 0.05) is 10.6 Å². The molecule has 0 radical (unpaired) electrons. The van der Waals surface area contributed by atoms with Crippen LogP contribution in [0.3, 0.4) is 0 Å². The van der Waals surface area contributed by atoms with Crippen molar-refractivity contribution in [3.8, 4) is 0 Å². The molecular formula is C10H14NaO2S3+. The van der Waals surface area contributed by atoms with Gasteiger partial charge >= 0.3 is 29.6 Å². The Morgan fingerprint density at radius 1 is 1.31 bits per heavy atom. The molecule has 16 heavy (non-hydrogen) atoms. The van der Waals surface area contributed by atoms with Crippen molar-refractivity contribution in [1.29, 1.82) is 0 Å². The van der Waals surface area contributed by atoms with Crippen LogP contribution in [-0.4, -0.2) is 20.3 Å². The average molecular weight is 285 g/mol. The minimum absolute atomic E-state index is 0. The molecule has 0 amide bonds. The Kier molecular flexibility index (Phi) is 10.6. The molecule has 1 aromatic carbocycles. The van der Waals surface area contributed by atoms with Crippen LogP contribution in [0.4, 0.5) is 0 Å². The van der Waals surface area contributed by atoms with Crippen molar-refractivity contribution in [2.45, 2.75) is 18.2 Å². The first-order valence-corrected chi connectivity index (χ1v) is 8.21. The first kappa shape index (κ1) is 17.0. The molecule has 0 aliphatic heterocycles. The van der Waals surface area contributed by atoms with E-state index in [1.165, 1.54) is 10.5 Å². The molecule has 0 saturated heterocycles. The zero-order valence-electron chi connectivity index (χ0n) is 9.51. The Balaban J connectivity index is 0.00000225. The summed E-state index contributed by atoms with van der Waals surface area (Å²) in [4.78, 5) is 1.23. The predicted octanol–water partition coefficient (Wildman–Crippen LogP) is 0.351. The van der Waals surface area contributed by atoms with Gasteiger partial charge in [0.2, 0.25) is 0 Å². The second kappa shape index (κ2) is 10.00. The number of hydrogen-bond acceptors (Lipinski definition) is 3. The molecule has 84 valence electrons. The molecular weight excluding hydrogens is 271 g/mol. The topological polar surface area (TPSA) is 37.3 Å². The van der Waals surface area contributed by atoms with Crippen LogP contribution in [0.1, 0.15) is 12.0 Å². The summed E-state index contributed by atoms with van der Waals surface area (Å²) in [6.07, 6.45) is 0.784. The number of aryl methyl sites for hydroxylation is 1. The summed E-state index contributed by atoms with van der Waals surface area (Å²) in [6.45, 7) is 2.07. The molecule has 1 N–H and O–H groups in total. The number of benzene rings is 1. The Morgan fingerprint density at radius 2 is 1.94 bits per heavy atom. The van der Waals surface area contributed by atoms with E-state index in [1.807, 2.05) is 0 Å². The summed E-state index contributed by atoms with van der Waals surface area (Å²) in [5.41, 5.74) is 1.26. The van der Waals surface area contributed by atoms with E-state index in [0.717, 1.165) is 12.2 Å². The molecule has 1 atom stereocenters. The van der Waals surface area contributed by atoms with E-state index in [-0.39, 0.29) is 29.6 Å². The van der Waals surface area contributed by atoms with E-state index in [4.69, 9.17) is 4.55 Å². The fourth-order valence-corrected chi connectivity index (χ4v) is 3.59. The molecule has 2 nitrogen and oxygen atoms in total. The van der Waals surface area contributed by atoms with Crippen LogP contribution < -0.4 is 29.6 Å². The van der Waals surface area contributed by atoms with Gasteiger partial charge in [-0.2, -0.15) is 0 Å². The van der Waals surface area contributed by atoms with E-state index in [1.54, 1.807) is 21.6 Å². The third-order valence-corrected chi connectivity index (χ3v) is 4.83. The van der Waals surface area contributed by atoms with Crippen LogP contribution in [0.5, 0.6) is 0 Å². The predicted molar refractivity (Wildman–Crippen MR) is 69.7 cm³/mol. The van der Waals surface area contributed by atoms with Gasteiger partial charge in [-0.05, 0) is 25.5 Å². The van der Waals surface area contributed by atoms with Crippen LogP contribution in [0.25, 0.3) is 0 Å². The zero-order chi connectivity index (χ0) is 11.1. The maximum Gasteiger partial charge on any atom is 1.00 e. The minimum Gasteiger partial charge on any atom is -0.306 e. The van der Waals surface area contributed by atoms with Crippen molar-refractivity contribution in [3.05, 3.63) is 29.8 Å². The van der Waals surface area contributed by atoms with E-state index in [9.17, 15) is 4.21 Å². The minimum atomic E-state index is -1.64. The second-order valence-electron chi connectivity index (χ2n) is 3.10. The first-order chi connectivity index (χ1) is 7.18. The van der Waals surface area contributed by atoms with Gasteiger partial charge in [0.05, 0.1) is 5.75 Å². The van der Waals surface area contributed by atoms with Crippen LogP contribution in [0.2, 0.25) is 0 Å². The van der Waals surface area contributed by atoms with Crippen LogP contribution in [0.15, 0.2) is 29.2 Å².